The van der Waals surface area contributed by atoms with Crippen molar-refractivity contribution in [2.75, 3.05) is 27.8 Å². The molecule has 14 aromatic heterocycles. The normalized spacial score (nSPS) is 13.1. The first-order valence-electron chi connectivity index (χ1n) is 46.5. The molecule has 4 aromatic carbocycles. The Kier molecular flexibility index (Phi) is 27.3. The van der Waals surface area contributed by atoms with E-state index in [1.165, 1.54) is 101 Å². The third kappa shape index (κ3) is 20.7. The van der Waals surface area contributed by atoms with Crippen LogP contribution in [0, 0.1) is 31.4 Å². The summed E-state index contributed by atoms with van der Waals surface area (Å²) < 4.78 is 170. The Hall–Kier alpha value is -16.9. The molecule has 0 saturated carbocycles. The number of aromatic nitrogens is 24. The second-order valence-electron chi connectivity index (χ2n) is 36.7. The quantitative estimate of drug-likeness (QED) is 0.0505. The number of aryl methyl sites for hydroxylation is 7. The Morgan fingerprint density at radius 2 is 0.769 bits per heavy atom. The van der Waals surface area contributed by atoms with Crippen LogP contribution in [0.4, 0.5) is 70.1 Å². The molecule has 2 amide bonds. The van der Waals surface area contributed by atoms with Gasteiger partial charge in [0.1, 0.15) is 51.8 Å². The third-order valence-corrected chi connectivity index (χ3v) is 25.2. The molecule has 0 atom stereocenters. The molecular formula is C104H93F12N27O4. The molecule has 0 spiro atoms. The number of halogens is 12. The minimum Gasteiger partial charge on any atom is -0.355 e. The van der Waals surface area contributed by atoms with Gasteiger partial charge in [0.05, 0.1) is 92.3 Å². The van der Waals surface area contributed by atoms with Gasteiger partial charge in [-0.05, 0) is 109 Å². The summed E-state index contributed by atoms with van der Waals surface area (Å²) in [6, 6.07) is 40.0. The predicted molar refractivity (Wildman–Crippen MR) is 523 cm³/mol. The molecule has 0 N–H and O–H groups in total. The lowest BCUT2D eigenvalue weighted by Gasteiger charge is -2.30. The molecule has 0 aliphatic carbocycles. The number of hydrogen-bond donors (Lipinski definition) is 0. The number of carbonyl (C=O) groups excluding carboxylic acids is 2. The van der Waals surface area contributed by atoms with Crippen LogP contribution in [-0.4, -0.2) is 141 Å². The molecule has 0 radical (unpaired) electrons. The molecule has 1 fully saturated rings. The van der Waals surface area contributed by atoms with Crippen molar-refractivity contribution in [3.63, 3.8) is 0 Å². The predicted octanol–water partition coefficient (Wildman–Crippen LogP) is 18.8. The van der Waals surface area contributed by atoms with E-state index in [-0.39, 0.29) is 96.1 Å². The maximum Gasteiger partial charge on any atom is 0.434 e. The van der Waals surface area contributed by atoms with Gasteiger partial charge in [0, 0.05) is 147 Å². The van der Waals surface area contributed by atoms with Crippen LogP contribution >= 0.6 is 0 Å². The van der Waals surface area contributed by atoms with Crippen molar-refractivity contribution >= 4 is 51.6 Å². The van der Waals surface area contributed by atoms with Crippen molar-refractivity contribution in [3.05, 3.63) is 319 Å². The standard InChI is InChI=1S/C28H29N7O.C26H23F4N7O.C26H22F4N6O.C24H19F4N7O/c1-18(2)26-23(6-4-11-29-26)27-30-16-21-15-25(36)34(28(21)31-27)17-20-7-9-22(10-8-20)35-19(3)14-24(32-35)33-12-5-13-33;1-14(2)21-18(9-17(27)10-31-21)22-32-11-19-24(34-22)37(25(38)36(19)4)12-15-5-7-16(8-6-15)23-33-20(13-35(23)3)26(28,29)30;1-14(2)22-19(9-18(27)11-31-22)23-32-10-17-8-21(37)36(25(17)34-23)12-15-4-6-16(7-5-15)24-33-20(13-35(24)3)26(28,29)30;1-13-16(8-9-19(25)30-13)20-29-10-17-22(32-20)35(23(36)34(17)3)11-14-4-6-15(7-5-14)21-31-18(12-33(21)2)24(26,27)28/h4,6-11,14,16,18H,5,12-13,15,17H2,1-3H3;5-11,13-14H,12H2,1-4H3;4-7,9-11,13-14H,8,12H2,1-3H3;4-10,12H,11H2,1-3H3. The number of hydrogen-bond acceptors (Lipinski definition) is 21. The topological polar surface area (TPSA) is 324 Å². The average molecular weight is 2010 g/mol. The lowest BCUT2D eigenvalue weighted by Crippen LogP contribution is -2.37. The molecule has 147 heavy (non-hydrogen) atoms. The number of imidazole rings is 5. The number of rotatable bonds is 20. The monoisotopic (exact) mass is 2010 g/mol. The van der Waals surface area contributed by atoms with Crippen molar-refractivity contribution < 1.29 is 62.3 Å². The van der Waals surface area contributed by atoms with Gasteiger partial charge in [-0.15, -0.1) is 0 Å². The number of amides is 2. The highest BCUT2D eigenvalue weighted by molar-refractivity contribution is 6.01. The van der Waals surface area contributed by atoms with Gasteiger partial charge in [-0.25, -0.2) is 82.9 Å². The lowest BCUT2D eigenvalue weighted by atomic mass is 10.0. The fraction of sp³-hybridized carbons (Fsp3) is 0.269. The van der Waals surface area contributed by atoms with E-state index in [1.54, 1.807) is 117 Å². The van der Waals surface area contributed by atoms with Gasteiger partial charge in [0.2, 0.25) is 17.8 Å². The Balaban J connectivity index is 0.000000128. The van der Waals surface area contributed by atoms with E-state index >= 15 is 0 Å². The van der Waals surface area contributed by atoms with Gasteiger partial charge in [-0.1, -0.05) is 126 Å². The van der Waals surface area contributed by atoms with Crippen LogP contribution in [0.5, 0.6) is 0 Å². The number of carbonyl (C=O) groups is 2. The van der Waals surface area contributed by atoms with Gasteiger partial charge in [-0.2, -0.15) is 49.0 Å². The van der Waals surface area contributed by atoms with Crippen molar-refractivity contribution in [1.82, 2.24) is 117 Å². The molecule has 43 heteroatoms. The molecule has 17 heterocycles. The summed E-state index contributed by atoms with van der Waals surface area (Å²) >= 11 is 0. The summed E-state index contributed by atoms with van der Waals surface area (Å²) in [6.45, 7) is 18.8. The van der Waals surface area contributed by atoms with Gasteiger partial charge in [0.15, 0.2) is 57.5 Å². The van der Waals surface area contributed by atoms with E-state index in [1.807, 2.05) is 44.5 Å². The second-order valence-corrected chi connectivity index (χ2v) is 36.7. The molecule has 31 nitrogen and oxygen atoms in total. The molecule has 1 saturated heterocycles. The zero-order chi connectivity index (χ0) is 104. The summed E-state index contributed by atoms with van der Waals surface area (Å²) in [6.07, 6.45) is 1.42. The highest BCUT2D eigenvalue weighted by Gasteiger charge is 2.39. The van der Waals surface area contributed by atoms with E-state index in [0.717, 1.165) is 100 Å². The third-order valence-electron chi connectivity index (χ3n) is 25.2. The van der Waals surface area contributed by atoms with Crippen molar-refractivity contribution in [2.45, 2.75) is 137 Å². The van der Waals surface area contributed by atoms with Gasteiger partial charge in [0.25, 0.3) is 0 Å². The Bertz CT molecular complexity index is 8210. The molecule has 0 bridgehead atoms. The molecule has 752 valence electrons. The minimum atomic E-state index is -4.54. The van der Waals surface area contributed by atoms with Crippen molar-refractivity contribution in [1.29, 1.82) is 0 Å². The second kappa shape index (κ2) is 40.0. The zero-order valence-electron chi connectivity index (χ0n) is 81.4. The Labute approximate surface area is 830 Å². The van der Waals surface area contributed by atoms with Crippen molar-refractivity contribution in [3.8, 4) is 85.4 Å². The van der Waals surface area contributed by atoms with Crippen LogP contribution in [-0.2, 0) is 102 Å². The maximum atomic E-state index is 14.0. The molecule has 21 rings (SSSR count). The van der Waals surface area contributed by atoms with E-state index in [4.69, 9.17) is 10.1 Å². The first-order valence-corrected chi connectivity index (χ1v) is 46.5. The maximum absolute atomic E-state index is 14.0. The smallest absolute Gasteiger partial charge is 0.355 e. The minimum absolute atomic E-state index is 0.00712. The summed E-state index contributed by atoms with van der Waals surface area (Å²) in [7, 11) is 7.71. The largest absolute Gasteiger partial charge is 0.434 e. The van der Waals surface area contributed by atoms with Gasteiger partial charge >= 0.3 is 29.9 Å². The van der Waals surface area contributed by atoms with Crippen LogP contribution in [0.1, 0.15) is 145 Å². The molecule has 0 unspecified atom stereocenters. The Morgan fingerprint density at radius 3 is 1.16 bits per heavy atom. The zero-order valence-corrected chi connectivity index (χ0v) is 81.4. The molecular weight excluding hydrogens is 1920 g/mol. The number of nitrogens with zero attached hydrogens (tertiary/aromatic N) is 27. The van der Waals surface area contributed by atoms with E-state index < -0.39 is 53.2 Å². The van der Waals surface area contributed by atoms with Crippen molar-refractivity contribution in [2.24, 2.45) is 35.2 Å². The first-order chi connectivity index (χ1) is 69.9. The highest BCUT2D eigenvalue weighted by atomic mass is 19.4. The van der Waals surface area contributed by atoms with Crippen LogP contribution < -0.4 is 26.1 Å². The average Bonchev–Trinajstić information content (AvgIpc) is 1.63. The molecule has 18 aromatic rings. The number of benzene rings is 4. The van der Waals surface area contributed by atoms with Crippen LogP contribution in [0.3, 0.4) is 0 Å². The number of pyridine rings is 4. The lowest BCUT2D eigenvalue weighted by molar-refractivity contribution is -0.141. The summed E-state index contributed by atoms with van der Waals surface area (Å²) in [5.74, 6) is 2.62. The van der Waals surface area contributed by atoms with Crippen LogP contribution in [0.2, 0.25) is 0 Å². The first kappa shape index (κ1) is 100. The summed E-state index contributed by atoms with van der Waals surface area (Å²) in [5.41, 5.74) is 11.7. The van der Waals surface area contributed by atoms with E-state index in [2.05, 4.69) is 126 Å². The molecule has 3 aliphatic heterocycles. The van der Waals surface area contributed by atoms with Crippen LogP contribution in [0.15, 0.2) is 211 Å². The van der Waals surface area contributed by atoms with Crippen LogP contribution in [0.25, 0.3) is 108 Å². The number of fused-ring (bicyclic) bond motifs is 4. The van der Waals surface area contributed by atoms with E-state index in [9.17, 15) is 71.9 Å². The fourth-order valence-electron chi connectivity index (χ4n) is 17.5. The number of alkyl halides is 9. The SMILES string of the molecule is CC(C)c1ncc(F)cc1-c1ncc2c(n1)N(Cc1ccc(-c3nc(C(F)(F)F)cn3C)cc1)C(=O)C2.CC(C)c1ncc(F)cc1-c1ncc2c(n1)n(Cc1ccc(-c3nc(C(F)(F)F)cn3C)cc1)c(=O)n2C.Cc1cc(N2CCC2)nn1-c1ccc(CN2C(=O)Cc3cnc(-c4cccnc4C(C)C)nc32)cc1.Cc1nc(F)ccc1-c1ncc2c(n1)n(Cc1ccc(-c3nc(C(F)(F)F)cn3C)cc1)c(=O)n2C. The summed E-state index contributed by atoms with van der Waals surface area (Å²) in [4.78, 5) is 121. The van der Waals surface area contributed by atoms with Gasteiger partial charge in [-0.3, -0.25) is 52.6 Å². The molecule has 3 aliphatic rings. The number of anilines is 3. The highest BCUT2D eigenvalue weighted by Crippen LogP contribution is 2.40. The van der Waals surface area contributed by atoms with Gasteiger partial charge < -0.3 is 18.6 Å². The Morgan fingerprint density at radius 1 is 0.388 bits per heavy atom. The van der Waals surface area contributed by atoms with E-state index in [0.29, 0.717) is 115 Å². The summed E-state index contributed by atoms with van der Waals surface area (Å²) in [5, 5.41) is 4.79. The fourth-order valence-corrected chi connectivity index (χ4v) is 17.5.